The third kappa shape index (κ3) is 2.96. The summed E-state index contributed by atoms with van der Waals surface area (Å²) in [6.07, 6.45) is 0. The van der Waals surface area contributed by atoms with Crippen LogP contribution in [-0.4, -0.2) is 22.9 Å². The lowest BCUT2D eigenvalue weighted by Crippen LogP contribution is -2.44. The number of amides is 2. The highest BCUT2D eigenvalue weighted by Gasteiger charge is 2.14. The third-order valence-electron chi connectivity index (χ3n) is 1.60. The number of nitrogens with one attached hydrogen (secondary N) is 2. The van der Waals surface area contributed by atoms with Crippen LogP contribution in [0.4, 0.5) is 0 Å². The summed E-state index contributed by atoms with van der Waals surface area (Å²) in [7, 11) is 0. The highest BCUT2D eigenvalue weighted by molar-refractivity contribution is 6.34. The molecule has 1 aromatic rings. The number of benzene rings is 1. The minimum absolute atomic E-state index is 0.134. The van der Waals surface area contributed by atoms with Crippen molar-refractivity contribution in [2.75, 3.05) is 0 Å². The van der Waals surface area contributed by atoms with Gasteiger partial charge in [-0.1, -0.05) is 23.7 Å². The monoisotopic (exact) mass is 242 g/mol. The van der Waals surface area contributed by atoms with Crippen LogP contribution in [0.3, 0.4) is 0 Å². The Hall–Kier alpha value is -2.08. The summed E-state index contributed by atoms with van der Waals surface area (Å²) < 4.78 is 0. The molecule has 1 rings (SSSR count). The molecule has 0 atom stereocenters. The average Bonchev–Trinajstić information content (AvgIpc) is 2.25. The summed E-state index contributed by atoms with van der Waals surface area (Å²) in [6, 6.07) is 6.15. The molecule has 0 aliphatic carbocycles. The van der Waals surface area contributed by atoms with E-state index in [1.54, 1.807) is 17.6 Å². The number of halogens is 1. The first-order chi connectivity index (χ1) is 7.52. The fourth-order valence-corrected chi connectivity index (χ4v) is 1.10. The Balaban J connectivity index is 2.64. The molecule has 0 unspecified atom stereocenters. The summed E-state index contributed by atoms with van der Waals surface area (Å²) in [5, 5.41) is 8.43. The highest BCUT2D eigenvalue weighted by Crippen LogP contribution is 2.13. The molecule has 7 heteroatoms. The van der Waals surface area contributed by atoms with Crippen molar-refractivity contribution < 1.29 is 19.5 Å². The molecule has 0 saturated heterocycles. The second-order valence-electron chi connectivity index (χ2n) is 2.69. The summed E-state index contributed by atoms with van der Waals surface area (Å²) in [5.74, 6) is -3.72. The Kier molecular flexibility index (Phi) is 3.84. The number of hydrogen-bond acceptors (Lipinski definition) is 3. The van der Waals surface area contributed by atoms with Gasteiger partial charge in [-0.2, -0.15) is 0 Å². The molecule has 0 fully saturated rings. The van der Waals surface area contributed by atoms with Gasteiger partial charge in [-0.15, -0.1) is 0 Å². The summed E-state index contributed by atoms with van der Waals surface area (Å²) in [4.78, 5) is 32.1. The van der Waals surface area contributed by atoms with E-state index in [9.17, 15) is 14.4 Å². The van der Waals surface area contributed by atoms with Crippen molar-refractivity contribution in [2.45, 2.75) is 0 Å². The van der Waals surface area contributed by atoms with E-state index in [2.05, 4.69) is 0 Å². The number of carboxylic acid groups (broad SMARTS) is 1. The van der Waals surface area contributed by atoms with Crippen LogP contribution in [-0.2, 0) is 9.59 Å². The highest BCUT2D eigenvalue weighted by atomic mass is 35.5. The molecule has 0 aromatic heterocycles. The molecule has 2 amide bonds. The van der Waals surface area contributed by atoms with Crippen LogP contribution in [0.2, 0.25) is 5.02 Å². The number of hydrogen-bond donors (Lipinski definition) is 3. The lowest BCUT2D eigenvalue weighted by Gasteiger charge is -2.05. The van der Waals surface area contributed by atoms with Gasteiger partial charge >= 0.3 is 11.9 Å². The number of rotatable bonds is 1. The van der Waals surface area contributed by atoms with Crippen LogP contribution < -0.4 is 10.9 Å². The van der Waals surface area contributed by atoms with Gasteiger partial charge in [-0.05, 0) is 12.1 Å². The van der Waals surface area contributed by atoms with Gasteiger partial charge in [0.2, 0.25) is 0 Å². The maximum absolute atomic E-state index is 11.4. The second-order valence-corrected chi connectivity index (χ2v) is 3.10. The molecule has 0 heterocycles. The fraction of sp³-hybridized carbons (Fsp3) is 0. The predicted octanol–water partition coefficient (Wildman–Crippen LogP) is 0.186. The lowest BCUT2D eigenvalue weighted by molar-refractivity contribution is -0.150. The Bertz CT molecular complexity index is 447. The maximum Gasteiger partial charge on any atom is 0.396 e. The number of hydrazine groups is 1. The van der Waals surface area contributed by atoms with Crippen LogP contribution in [0.1, 0.15) is 10.4 Å². The first-order valence-corrected chi connectivity index (χ1v) is 4.48. The van der Waals surface area contributed by atoms with Crippen LogP contribution in [0.15, 0.2) is 24.3 Å². The van der Waals surface area contributed by atoms with Gasteiger partial charge in [0.25, 0.3) is 5.91 Å². The van der Waals surface area contributed by atoms with Crippen molar-refractivity contribution in [3.8, 4) is 0 Å². The molecular formula is C9H7ClN2O4. The topological polar surface area (TPSA) is 95.5 Å². The molecule has 1 aromatic carbocycles. The Morgan fingerprint density at radius 3 is 2.31 bits per heavy atom. The molecule has 0 bridgehead atoms. The molecule has 0 spiro atoms. The molecule has 0 aliphatic rings. The van der Waals surface area contributed by atoms with Gasteiger partial charge in [-0.3, -0.25) is 20.4 Å². The minimum Gasteiger partial charge on any atom is -0.474 e. The SMILES string of the molecule is O=C(O)C(=O)NNC(=O)c1ccccc1Cl. The van der Waals surface area contributed by atoms with Gasteiger partial charge in [-0.25, -0.2) is 4.79 Å². The quantitative estimate of drug-likeness (QED) is 0.484. The summed E-state index contributed by atoms with van der Waals surface area (Å²) in [5.41, 5.74) is 3.76. The summed E-state index contributed by atoms with van der Waals surface area (Å²) in [6.45, 7) is 0. The van der Waals surface area contributed by atoms with Crippen molar-refractivity contribution in [1.29, 1.82) is 0 Å². The van der Waals surface area contributed by atoms with E-state index in [1.165, 1.54) is 12.1 Å². The van der Waals surface area contributed by atoms with E-state index in [-0.39, 0.29) is 10.6 Å². The smallest absolute Gasteiger partial charge is 0.396 e. The number of carbonyl (C=O) groups is 3. The van der Waals surface area contributed by atoms with E-state index >= 15 is 0 Å². The number of carboxylic acids is 1. The Labute approximate surface area is 95.2 Å². The zero-order valence-corrected chi connectivity index (χ0v) is 8.62. The molecular weight excluding hydrogens is 236 g/mol. The molecule has 6 nitrogen and oxygen atoms in total. The number of aliphatic carboxylic acids is 1. The molecule has 3 N–H and O–H groups in total. The minimum atomic E-state index is -1.69. The molecule has 0 saturated carbocycles. The van der Waals surface area contributed by atoms with Gasteiger partial charge in [0.1, 0.15) is 0 Å². The summed E-state index contributed by atoms with van der Waals surface area (Å²) >= 11 is 5.71. The van der Waals surface area contributed by atoms with Crippen LogP contribution in [0.25, 0.3) is 0 Å². The van der Waals surface area contributed by atoms with Gasteiger partial charge in [0, 0.05) is 0 Å². The van der Waals surface area contributed by atoms with E-state index in [4.69, 9.17) is 16.7 Å². The largest absolute Gasteiger partial charge is 0.474 e. The Morgan fingerprint density at radius 1 is 1.12 bits per heavy atom. The third-order valence-corrected chi connectivity index (χ3v) is 1.93. The number of carbonyl (C=O) groups excluding carboxylic acids is 2. The normalized spacial score (nSPS) is 9.31. The lowest BCUT2D eigenvalue weighted by atomic mass is 10.2. The maximum atomic E-state index is 11.4. The first-order valence-electron chi connectivity index (χ1n) is 4.10. The molecule has 0 radical (unpaired) electrons. The second kappa shape index (κ2) is 5.13. The van der Waals surface area contributed by atoms with Gasteiger partial charge in [0.05, 0.1) is 10.6 Å². The van der Waals surface area contributed by atoms with E-state index in [0.29, 0.717) is 0 Å². The van der Waals surface area contributed by atoms with Crippen LogP contribution >= 0.6 is 11.6 Å². The Morgan fingerprint density at radius 2 is 1.75 bits per heavy atom. The van der Waals surface area contributed by atoms with Crippen molar-refractivity contribution in [1.82, 2.24) is 10.9 Å². The zero-order chi connectivity index (χ0) is 12.1. The van der Waals surface area contributed by atoms with Gasteiger partial charge in [0.15, 0.2) is 0 Å². The molecule has 16 heavy (non-hydrogen) atoms. The van der Waals surface area contributed by atoms with Crippen molar-refractivity contribution in [3.05, 3.63) is 34.9 Å². The average molecular weight is 243 g/mol. The molecule has 84 valence electrons. The van der Waals surface area contributed by atoms with Crippen molar-refractivity contribution in [3.63, 3.8) is 0 Å². The fourth-order valence-electron chi connectivity index (χ4n) is 0.880. The standard InChI is InChI=1S/C9H7ClN2O4/c10-6-4-2-1-3-5(6)7(13)11-12-8(14)9(15)16/h1-4H,(H,11,13)(H,12,14)(H,15,16). The predicted molar refractivity (Wildman–Crippen MR) is 54.7 cm³/mol. The zero-order valence-electron chi connectivity index (χ0n) is 7.86. The first kappa shape index (κ1) is 12.0. The molecule has 0 aliphatic heterocycles. The van der Waals surface area contributed by atoms with E-state index < -0.39 is 17.8 Å². The van der Waals surface area contributed by atoms with Crippen molar-refractivity contribution in [2.24, 2.45) is 0 Å². The van der Waals surface area contributed by atoms with E-state index in [1.807, 2.05) is 5.43 Å². The van der Waals surface area contributed by atoms with Crippen LogP contribution in [0, 0.1) is 0 Å². The van der Waals surface area contributed by atoms with Gasteiger partial charge < -0.3 is 5.11 Å². The van der Waals surface area contributed by atoms with Crippen LogP contribution in [0.5, 0.6) is 0 Å². The van der Waals surface area contributed by atoms with Crippen molar-refractivity contribution >= 4 is 29.4 Å². The van der Waals surface area contributed by atoms with E-state index in [0.717, 1.165) is 0 Å².